The molecule has 2 N–H and O–H groups in total. The highest BCUT2D eigenvalue weighted by atomic mass is 79.9. The van der Waals surface area contributed by atoms with E-state index in [9.17, 15) is 0 Å². The number of hydrogen-bond acceptors (Lipinski definition) is 2. The molecular weight excluding hydrogens is 302 g/mol. The fourth-order valence-electron chi connectivity index (χ4n) is 2.07. The summed E-state index contributed by atoms with van der Waals surface area (Å²) in [6, 6.07) is 8.45. The summed E-state index contributed by atoms with van der Waals surface area (Å²) in [5.74, 6) is 0.439. The number of aromatic nitrogens is 2. The first-order valence-corrected chi connectivity index (χ1v) is 7.36. The normalized spacial score (nSPS) is 12.9. The maximum absolute atomic E-state index is 5.93. The molecule has 1 unspecified atom stereocenters. The Morgan fingerprint density at radius 1 is 1.26 bits per heavy atom. The molecule has 0 aliphatic carbocycles. The van der Waals surface area contributed by atoms with Crippen LogP contribution in [0.25, 0.3) is 5.69 Å². The minimum atomic E-state index is 0.133. The summed E-state index contributed by atoms with van der Waals surface area (Å²) in [5.41, 5.74) is 9.35. The monoisotopic (exact) mass is 321 g/mol. The van der Waals surface area contributed by atoms with Crippen molar-refractivity contribution in [2.24, 2.45) is 5.73 Å². The van der Waals surface area contributed by atoms with Crippen LogP contribution in [0.2, 0.25) is 0 Å². The third-order valence-electron chi connectivity index (χ3n) is 3.03. The fraction of sp³-hybridized carbons (Fsp3) is 0.400. The molecule has 19 heavy (non-hydrogen) atoms. The van der Waals surface area contributed by atoms with Gasteiger partial charge in [-0.3, -0.25) is 0 Å². The third kappa shape index (κ3) is 3.45. The molecule has 0 aliphatic heterocycles. The second-order valence-corrected chi connectivity index (χ2v) is 6.21. The summed E-state index contributed by atoms with van der Waals surface area (Å²) in [5, 5.41) is 4.64. The average Bonchev–Trinajstić information content (AvgIpc) is 2.77. The second kappa shape index (κ2) is 5.88. The number of hydrogen-bond donors (Lipinski definition) is 1. The minimum absolute atomic E-state index is 0.133. The summed E-state index contributed by atoms with van der Waals surface area (Å²) in [6.45, 7) is 6.32. The molecule has 2 aromatic rings. The van der Waals surface area contributed by atoms with Crippen LogP contribution >= 0.6 is 15.9 Å². The summed E-state index contributed by atoms with van der Waals surface area (Å²) in [4.78, 5) is 0. The first-order valence-electron chi connectivity index (χ1n) is 6.57. The smallest absolute Gasteiger partial charge is 0.0678 e. The Hall–Kier alpha value is -1.13. The Bertz CT molecular complexity index is 558. The lowest BCUT2D eigenvalue weighted by atomic mass is 10.1. The summed E-state index contributed by atoms with van der Waals surface area (Å²) < 4.78 is 3.02. The predicted molar refractivity (Wildman–Crippen MR) is 82.7 cm³/mol. The molecule has 0 saturated heterocycles. The van der Waals surface area contributed by atoms with Crippen molar-refractivity contribution in [1.82, 2.24) is 9.78 Å². The van der Waals surface area contributed by atoms with Crippen LogP contribution < -0.4 is 5.73 Å². The van der Waals surface area contributed by atoms with Crippen LogP contribution in [0.1, 0.15) is 37.9 Å². The van der Waals surface area contributed by atoms with Gasteiger partial charge in [0.2, 0.25) is 0 Å². The van der Waals surface area contributed by atoms with Crippen LogP contribution in [0.15, 0.2) is 34.9 Å². The highest BCUT2D eigenvalue weighted by Gasteiger charge is 2.10. The van der Waals surface area contributed by atoms with Crippen molar-refractivity contribution in [3.63, 3.8) is 0 Å². The highest BCUT2D eigenvalue weighted by molar-refractivity contribution is 9.10. The van der Waals surface area contributed by atoms with Gasteiger partial charge < -0.3 is 5.73 Å². The van der Waals surface area contributed by atoms with E-state index in [-0.39, 0.29) is 6.04 Å². The van der Waals surface area contributed by atoms with Gasteiger partial charge in [0, 0.05) is 16.7 Å². The van der Waals surface area contributed by atoms with E-state index in [0.29, 0.717) is 5.92 Å². The zero-order valence-electron chi connectivity index (χ0n) is 11.6. The number of rotatable bonds is 4. The SMILES string of the molecule is CC(N)Cc1cc(Br)ccc1-n1ccc(C(C)C)n1. The fourth-order valence-corrected chi connectivity index (χ4v) is 2.48. The van der Waals surface area contributed by atoms with Crippen LogP contribution in [-0.2, 0) is 6.42 Å². The molecule has 0 aliphatic rings. The maximum Gasteiger partial charge on any atom is 0.0678 e. The Kier molecular flexibility index (Phi) is 4.42. The maximum atomic E-state index is 5.93. The van der Waals surface area contributed by atoms with Gasteiger partial charge in [0.25, 0.3) is 0 Å². The Morgan fingerprint density at radius 3 is 2.58 bits per heavy atom. The van der Waals surface area contributed by atoms with E-state index in [1.54, 1.807) is 0 Å². The second-order valence-electron chi connectivity index (χ2n) is 5.29. The number of benzene rings is 1. The lowest BCUT2D eigenvalue weighted by Crippen LogP contribution is -2.19. The van der Waals surface area contributed by atoms with Crippen LogP contribution in [-0.4, -0.2) is 15.8 Å². The quantitative estimate of drug-likeness (QED) is 0.934. The molecule has 0 bridgehead atoms. The lowest BCUT2D eigenvalue weighted by Gasteiger charge is -2.12. The van der Waals surface area contributed by atoms with E-state index in [4.69, 9.17) is 5.73 Å². The molecule has 0 amide bonds. The lowest BCUT2D eigenvalue weighted by molar-refractivity contribution is 0.720. The molecule has 0 spiro atoms. The Morgan fingerprint density at radius 2 is 2.00 bits per heavy atom. The first kappa shape index (κ1) is 14.3. The molecule has 1 atom stereocenters. The third-order valence-corrected chi connectivity index (χ3v) is 3.52. The molecule has 1 aromatic heterocycles. The van der Waals surface area contributed by atoms with E-state index < -0.39 is 0 Å². The number of nitrogens with zero attached hydrogens (tertiary/aromatic N) is 2. The van der Waals surface area contributed by atoms with Crippen LogP contribution in [0, 0.1) is 0 Å². The highest BCUT2D eigenvalue weighted by Crippen LogP contribution is 2.22. The van der Waals surface area contributed by atoms with Crippen molar-refractivity contribution < 1.29 is 0 Å². The van der Waals surface area contributed by atoms with Gasteiger partial charge in [-0.1, -0.05) is 29.8 Å². The predicted octanol–water partition coefficient (Wildman–Crippen LogP) is 3.65. The molecule has 2 rings (SSSR count). The Labute approximate surface area is 122 Å². The van der Waals surface area contributed by atoms with Crippen molar-refractivity contribution in [2.45, 2.75) is 39.2 Å². The van der Waals surface area contributed by atoms with Gasteiger partial charge in [-0.05, 0) is 49.1 Å². The van der Waals surface area contributed by atoms with E-state index in [1.165, 1.54) is 5.56 Å². The molecule has 102 valence electrons. The zero-order valence-corrected chi connectivity index (χ0v) is 13.2. The van der Waals surface area contributed by atoms with Gasteiger partial charge in [0.15, 0.2) is 0 Å². The van der Waals surface area contributed by atoms with E-state index in [1.807, 2.05) is 23.9 Å². The van der Waals surface area contributed by atoms with Crippen LogP contribution in [0.4, 0.5) is 0 Å². The van der Waals surface area contributed by atoms with Crippen molar-refractivity contribution in [3.8, 4) is 5.69 Å². The van der Waals surface area contributed by atoms with E-state index in [0.717, 1.165) is 22.3 Å². The van der Waals surface area contributed by atoms with Gasteiger partial charge in [-0.25, -0.2) is 4.68 Å². The van der Waals surface area contributed by atoms with Crippen molar-refractivity contribution in [1.29, 1.82) is 0 Å². The van der Waals surface area contributed by atoms with Crippen molar-refractivity contribution >= 4 is 15.9 Å². The topological polar surface area (TPSA) is 43.8 Å². The van der Waals surface area contributed by atoms with Crippen LogP contribution in [0.3, 0.4) is 0 Å². The number of nitrogens with two attached hydrogens (primary N) is 1. The summed E-state index contributed by atoms with van der Waals surface area (Å²) in [6.07, 6.45) is 2.86. The first-order chi connectivity index (χ1) is 8.97. The van der Waals surface area contributed by atoms with Crippen molar-refractivity contribution in [2.75, 3.05) is 0 Å². The van der Waals surface area contributed by atoms with Gasteiger partial charge in [-0.15, -0.1) is 0 Å². The molecule has 0 saturated carbocycles. The van der Waals surface area contributed by atoms with Gasteiger partial charge in [0.05, 0.1) is 11.4 Å². The molecule has 3 nitrogen and oxygen atoms in total. The molecule has 4 heteroatoms. The van der Waals surface area contributed by atoms with Gasteiger partial charge in [0.1, 0.15) is 0 Å². The molecule has 1 heterocycles. The summed E-state index contributed by atoms with van der Waals surface area (Å²) in [7, 11) is 0. The van der Waals surface area contributed by atoms with E-state index in [2.05, 4.69) is 53.1 Å². The largest absolute Gasteiger partial charge is 0.328 e. The summed E-state index contributed by atoms with van der Waals surface area (Å²) >= 11 is 3.52. The van der Waals surface area contributed by atoms with Crippen LogP contribution in [0.5, 0.6) is 0 Å². The number of halogens is 1. The average molecular weight is 322 g/mol. The molecular formula is C15H20BrN3. The molecule has 0 fully saturated rings. The van der Waals surface area contributed by atoms with Crippen molar-refractivity contribution in [3.05, 3.63) is 46.2 Å². The van der Waals surface area contributed by atoms with Gasteiger partial charge >= 0.3 is 0 Å². The zero-order chi connectivity index (χ0) is 14.0. The minimum Gasteiger partial charge on any atom is -0.328 e. The standard InChI is InChI=1S/C15H20BrN3/c1-10(2)14-6-7-19(18-14)15-5-4-13(16)9-12(15)8-11(3)17/h4-7,9-11H,8,17H2,1-3H3. The molecule has 0 radical (unpaired) electrons. The van der Waals surface area contributed by atoms with E-state index >= 15 is 0 Å². The molecule has 1 aromatic carbocycles. The Balaban J connectivity index is 2.42. The van der Waals surface area contributed by atoms with Gasteiger partial charge in [-0.2, -0.15) is 5.10 Å².